The van der Waals surface area contributed by atoms with Crippen LogP contribution in [-0.4, -0.2) is 22.4 Å². The number of hydrogen-bond donors (Lipinski definition) is 0. The van der Waals surface area contributed by atoms with Gasteiger partial charge in [0.25, 0.3) is 0 Å². The fourth-order valence-corrected chi connectivity index (χ4v) is 3.17. The summed E-state index contributed by atoms with van der Waals surface area (Å²) in [5.41, 5.74) is 4.92. The topological polar surface area (TPSA) is 55.5 Å². The molecule has 0 N–H and O–H groups in total. The van der Waals surface area contributed by atoms with Gasteiger partial charge in [-0.2, -0.15) is 0 Å². The van der Waals surface area contributed by atoms with E-state index in [4.69, 9.17) is 4.42 Å². The molecule has 0 aliphatic carbocycles. The lowest BCUT2D eigenvalue weighted by molar-refractivity contribution is -0.130. The van der Waals surface area contributed by atoms with Gasteiger partial charge >= 0.3 is 5.76 Å². The molecular formula is C21H24N2O3. The van der Waals surface area contributed by atoms with E-state index in [1.807, 2.05) is 25.2 Å². The number of aryl methyl sites for hydroxylation is 3. The van der Waals surface area contributed by atoms with Crippen LogP contribution < -0.4 is 5.76 Å². The zero-order valence-electron chi connectivity index (χ0n) is 15.5. The van der Waals surface area contributed by atoms with E-state index in [9.17, 15) is 9.59 Å². The van der Waals surface area contributed by atoms with Gasteiger partial charge < -0.3 is 9.32 Å². The maximum Gasteiger partial charge on any atom is 0.419 e. The number of benzene rings is 2. The minimum absolute atomic E-state index is 0.0748. The molecule has 0 bridgehead atoms. The van der Waals surface area contributed by atoms with Gasteiger partial charge in [0.15, 0.2) is 5.58 Å². The summed E-state index contributed by atoms with van der Waals surface area (Å²) < 4.78 is 6.81. The van der Waals surface area contributed by atoms with E-state index < -0.39 is 0 Å². The van der Waals surface area contributed by atoms with Crippen LogP contribution in [0.3, 0.4) is 0 Å². The van der Waals surface area contributed by atoms with Crippen molar-refractivity contribution >= 4 is 17.0 Å². The van der Waals surface area contributed by atoms with E-state index >= 15 is 0 Å². The number of oxazole rings is 1. The van der Waals surface area contributed by atoms with Gasteiger partial charge in [-0.05, 0) is 43.5 Å². The van der Waals surface area contributed by atoms with Crippen molar-refractivity contribution < 1.29 is 9.21 Å². The second-order valence-corrected chi connectivity index (χ2v) is 6.77. The van der Waals surface area contributed by atoms with E-state index in [0.717, 1.165) is 11.1 Å². The number of hydrogen-bond acceptors (Lipinski definition) is 3. The smallest absolute Gasteiger partial charge is 0.408 e. The summed E-state index contributed by atoms with van der Waals surface area (Å²) in [6, 6.07) is 13.6. The molecule has 0 radical (unpaired) electrons. The Labute approximate surface area is 152 Å². The van der Waals surface area contributed by atoms with Crippen molar-refractivity contribution in [1.82, 2.24) is 9.47 Å². The van der Waals surface area contributed by atoms with E-state index in [-0.39, 0.29) is 11.7 Å². The lowest BCUT2D eigenvalue weighted by Gasteiger charge is -2.19. The molecule has 0 aliphatic heterocycles. The third-order valence-electron chi connectivity index (χ3n) is 4.68. The number of carbonyl (C=O) groups excluding carboxylic acids is 1. The van der Waals surface area contributed by atoms with Gasteiger partial charge in [0.2, 0.25) is 5.91 Å². The first-order chi connectivity index (χ1) is 12.5. The molecule has 0 saturated carbocycles. The third-order valence-corrected chi connectivity index (χ3v) is 4.68. The normalized spacial score (nSPS) is 11.0. The quantitative estimate of drug-likeness (QED) is 0.680. The minimum atomic E-state index is -0.373. The molecule has 0 fully saturated rings. The second kappa shape index (κ2) is 7.60. The molecule has 5 nitrogen and oxygen atoms in total. The molecule has 1 aromatic heterocycles. The van der Waals surface area contributed by atoms with Crippen LogP contribution in [0.4, 0.5) is 0 Å². The zero-order valence-corrected chi connectivity index (χ0v) is 15.5. The Kier molecular flexibility index (Phi) is 5.26. The molecule has 0 aliphatic rings. The molecule has 26 heavy (non-hydrogen) atoms. The van der Waals surface area contributed by atoms with Gasteiger partial charge in [0.05, 0.1) is 5.52 Å². The molecule has 3 rings (SSSR count). The molecule has 136 valence electrons. The van der Waals surface area contributed by atoms with Crippen LogP contribution >= 0.6 is 0 Å². The number of nitrogens with zero attached hydrogens (tertiary/aromatic N) is 2. The molecule has 0 spiro atoms. The molecule has 3 aromatic rings. The first-order valence-corrected chi connectivity index (χ1v) is 8.84. The maximum atomic E-state index is 12.4. The van der Waals surface area contributed by atoms with E-state index in [0.29, 0.717) is 31.5 Å². The van der Waals surface area contributed by atoms with Crippen LogP contribution in [0.15, 0.2) is 51.7 Å². The average molecular weight is 352 g/mol. The van der Waals surface area contributed by atoms with Crippen LogP contribution in [-0.2, 0) is 17.9 Å². The average Bonchev–Trinajstić information content (AvgIpc) is 2.93. The monoisotopic (exact) mass is 352 g/mol. The molecule has 0 unspecified atom stereocenters. The van der Waals surface area contributed by atoms with E-state index in [1.54, 1.807) is 15.5 Å². The fourth-order valence-electron chi connectivity index (χ4n) is 3.17. The molecule has 1 heterocycles. The Balaban J connectivity index is 1.58. The summed E-state index contributed by atoms with van der Waals surface area (Å²) in [7, 11) is 1.82. The van der Waals surface area contributed by atoms with Crippen molar-refractivity contribution in [3.8, 4) is 0 Å². The van der Waals surface area contributed by atoms with Crippen molar-refractivity contribution in [2.24, 2.45) is 0 Å². The molecule has 1 amide bonds. The number of fused-ring (bicyclic) bond motifs is 1. The zero-order chi connectivity index (χ0) is 18.7. The van der Waals surface area contributed by atoms with Gasteiger partial charge in [0.1, 0.15) is 0 Å². The Hall–Kier alpha value is -2.82. The summed E-state index contributed by atoms with van der Waals surface area (Å²) in [5, 5.41) is 0. The Morgan fingerprint density at radius 1 is 1.15 bits per heavy atom. The summed E-state index contributed by atoms with van der Waals surface area (Å²) in [4.78, 5) is 26.1. The highest BCUT2D eigenvalue weighted by atomic mass is 16.4. The van der Waals surface area contributed by atoms with E-state index in [1.165, 1.54) is 11.1 Å². The van der Waals surface area contributed by atoms with Crippen LogP contribution in [0.25, 0.3) is 11.1 Å². The molecule has 0 atom stereocenters. The van der Waals surface area contributed by atoms with E-state index in [2.05, 4.69) is 32.0 Å². The summed E-state index contributed by atoms with van der Waals surface area (Å²) in [5.74, 6) is -0.298. The second-order valence-electron chi connectivity index (χ2n) is 6.77. The predicted molar refractivity (Wildman–Crippen MR) is 102 cm³/mol. The van der Waals surface area contributed by atoms with Crippen LogP contribution in [0.2, 0.25) is 0 Å². The van der Waals surface area contributed by atoms with Gasteiger partial charge in [-0.15, -0.1) is 0 Å². The van der Waals surface area contributed by atoms with Crippen molar-refractivity contribution in [2.75, 3.05) is 7.05 Å². The molecule has 5 heteroatoms. The number of amides is 1. The Morgan fingerprint density at radius 3 is 2.69 bits per heavy atom. The molecular weight excluding hydrogens is 328 g/mol. The van der Waals surface area contributed by atoms with Crippen molar-refractivity contribution in [3.05, 3.63) is 69.7 Å². The lowest BCUT2D eigenvalue weighted by Crippen LogP contribution is -2.27. The highest BCUT2D eigenvalue weighted by molar-refractivity contribution is 5.76. The van der Waals surface area contributed by atoms with Crippen molar-refractivity contribution in [3.63, 3.8) is 0 Å². The Bertz CT molecular complexity index is 984. The van der Waals surface area contributed by atoms with Gasteiger partial charge in [-0.1, -0.05) is 35.9 Å². The highest BCUT2D eigenvalue weighted by Crippen LogP contribution is 2.15. The standard InChI is InChI=1S/C21H24N2O3/c1-15-10-11-17(16(2)13-15)14-22(3)20(24)9-6-12-23-18-7-4-5-8-19(18)26-21(23)25/h4-5,7-8,10-11,13H,6,9,12,14H2,1-3H3. The van der Waals surface area contributed by atoms with Crippen molar-refractivity contribution in [2.45, 2.75) is 39.8 Å². The number of para-hydroxylation sites is 2. The summed E-state index contributed by atoms with van der Waals surface area (Å²) in [6.07, 6.45) is 0.993. The van der Waals surface area contributed by atoms with Crippen LogP contribution in [0, 0.1) is 13.8 Å². The SMILES string of the molecule is Cc1ccc(CN(C)C(=O)CCCn2c(=O)oc3ccccc32)c(C)c1. The van der Waals surface area contributed by atoms with Gasteiger partial charge in [0, 0.05) is 26.6 Å². The summed E-state index contributed by atoms with van der Waals surface area (Å²) in [6.45, 7) is 5.20. The molecule has 2 aromatic carbocycles. The van der Waals surface area contributed by atoms with Crippen LogP contribution in [0.1, 0.15) is 29.5 Å². The van der Waals surface area contributed by atoms with Gasteiger partial charge in [-0.3, -0.25) is 9.36 Å². The van der Waals surface area contributed by atoms with Crippen LogP contribution in [0.5, 0.6) is 0 Å². The number of rotatable bonds is 6. The first-order valence-electron chi connectivity index (χ1n) is 8.84. The van der Waals surface area contributed by atoms with Crippen molar-refractivity contribution in [1.29, 1.82) is 0 Å². The molecule has 0 saturated heterocycles. The third kappa shape index (κ3) is 3.87. The summed E-state index contributed by atoms with van der Waals surface area (Å²) >= 11 is 0. The Morgan fingerprint density at radius 2 is 1.92 bits per heavy atom. The lowest BCUT2D eigenvalue weighted by atomic mass is 10.1. The first kappa shape index (κ1) is 18.0. The number of carbonyl (C=O) groups is 1. The minimum Gasteiger partial charge on any atom is -0.408 e. The fraction of sp³-hybridized carbons (Fsp3) is 0.333. The highest BCUT2D eigenvalue weighted by Gasteiger charge is 2.12. The largest absolute Gasteiger partial charge is 0.419 e. The van der Waals surface area contributed by atoms with Gasteiger partial charge in [-0.25, -0.2) is 4.79 Å². The predicted octanol–water partition coefficient (Wildman–Crippen LogP) is 3.65. The number of aromatic nitrogens is 1. The maximum absolute atomic E-state index is 12.4.